The van der Waals surface area contributed by atoms with Gasteiger partial charge in [0.1, 0.15) is 0 Å². The predicted octanol–water partition coefficient (Wildman–Crippen LogP) is 1.66. The zero-order valence-corrected chi connectivity index (χ0v) is 13.2. The standard InChI is InChI=1S/C16H24BNO3/c1-10(2)14-15(12-7-5-11(3)6-8-12)13(9-19)18(16(14)20)17(4)21/h5-8,10,13-15,19,21H,9H2,1-4H3/t13-,14-,15-/m1/s1. The maximum Gasteiger partial charge on any atom is 0.412 e. The maximum atomic E-state index is 12.7. The second kappa shape index (κ2) is 6.20. The van der Waals surface area contributed by atoms with E-state index in [0.717, 1.165) is 11.1 Å². The molecule has 1 aromatic rings. The zero-order chi connectivity index (χ0) is 15.7. The third-order valence-corrected chi connectivity index (χ3v) is 4.47. The van der Waals surface area contributed by atoms with E-state index in [4.69, 9.17) is 0 Å². The summed E-state index contributed by atoms with van der Waals surface area (Å²) in [5.41, 5.74) is 2.21. The van der Waals surface area contributed by atoms with Crippen LogP contribution in [-0.2, 0) is 4.79 Å². The Hall–Kier alpha value is -1.33. The van der Waals surface area contributed by atoms with Crippen molar-refractivity contribution in [1.82, 2.24) is 4.81 Å². The van der Waals surface area contributed by atoms with E-state index < -0.39 is 7.05 Å². The van der Waals surface area contributed by atoms with E-state index in [1.54, 1.807) is 6.82 Å². The Balaban J connectivity index is 2.47. The monoisotopic (exact) mass is 289 g/mol. The summed E-state index contributed by atoms with van der Waals surface area (Å²) in [6.07, 6.45) is 0. The molecule has 114 valence electrons. The largest absolute Gasteiger partial charge is 0.432 e. The van der Waals surface area contributed by atoms with Crippen LogP contribution in [0.2, 0.25) is 6.82 Å². The SMILES string of the molecule is CB(O)N1C(=O)[C@H](C(C)C)[C@H](c2ccc(C)cc2)[C@H]1CO. The Bertz CT molecular complexity index is 501. The van der Waals surface area contributed by atoms with Crippen molar-refractivity contribution in [2.75, 3.05) is 6.61 Å². The highest BCUT2D eigenvalue weighted by molar-refractivity contribution is 6.49. The second-order valence-corrected chi connectivity index (χ2v) is 6.33. The smallest absolute Gasteiger partial charge is 0.412 e. The quantitative estimate of drug-likeness (QED) is 0.829. The number of hydrogen-bond acceptors (Lipinski definition) is 3. The van der Waals surface area contributed by atoms with Gasteiger partial charge in [0.05, 0.1) is 12.6 Å². The second-order valence-electron chi connectivity index (χ2n) is 6.33. The number of amides is 1. The number of carbonyl (C=O) groups is 1. The van der Waals surface area contributed by atoms with Gasteiger partial charge < -0.3 is 14.9 Å². The summed E-state index contributed by atoms with van der Waals surface area (Å²) in [6, 6.07) is 7.73. The molecule has 2 N–H and O–H groups in total. The van der Waals surface area contributed by atoms with E-state index in [0.29, 0.717) is 0 Å². The van der Waals surface area contributed by atoms with Crippen molar-refractivity contribution in [1.29, 1.82) is 0 Å². The number of nitrogens with zero attached hydrogens (tertiary/aromatic N) is 1. The first-order chi connectivity index (χ1) is 9.88. The summed E-state index contributed by atoms with van der Waals surface area (Å²) < 4.78 is 0. The van der Waals surface area contributed by atoms with Gasteiger partial charge in [-0.25, -0.2) is 0 Å². The van der Waals surface area contributed by atoms with Gasteiger partial charge in [-0.3, -0.25) is 4.79 Å². The lowest BCUT2D eigenvalue weighted by molar-refractivity contribution is -0.129. The number of hydrogen-bond donors (Lipinski definition) is 2. The lowest BCUT2D eigenvalue weighted by Gasteiger charge is -2.28. The minimum absolute atomic E-state index is 0.0652. The Morgan fingerprint density at radius 3 is 2.29 bits per heavy atom. The van der Waals surface area contributed by atoms with Crippen LogP contribution in [-0.4, -0.2) is 40.5 Å². The lowest BCUT2D eigenvalue weighted by Crippen LogP contribution is -2.46. The summed E-state index contributed by atoms with van der Waals surface area (Å²) in [4.78, 5) is 14.1. The van der Waals surface area contributed by atoms with Crippen molar-refractivity contribution in [3.8, 4) is 0 Å². The minimum atomic E-state index is -0.883. The molecule has 1 aliphatic heterocycles. The molecule has 5 heteroatoms. The van der Waals surface area contributed by atoms with Gasteiger partial charge >= 0.3 is 7.05 Å². The van der Waals surface area contributed by atoms with Gasteiger partial charge in [-0.1, -0.05) is 43.7 Å². The van der Waals surface area contributed by atoms with Crippen LogP contribution in [0.3, 0.4) is 0 Å². The molecule has 3 atom stereocenters. The number of aliphatic hydroxyl groups excluding tert-OH is 1. The molecule has 0 aromatic heterocycles. The molecule has 21 heavy (non-hydrogen) atoms. The molecule has 0 spiro atoms. The summed E-state index contributed by atoms with van der Waals surface area (Å²) in [6.45, 7) is 7.50. The van der Waals surface area contributed by atoms with Crippen molar-refractivity contribution in [3.63, 3.8) is 0 Å². The zero-order valence-electron chi connectivity index (χ0n) is 13.2. The van der Waals surface area contributed by atoms with Crippen molar-refractivity contribution in [2.24, 2.45) is 11.8 Å². The molecule has 2 rings (SSSR count). The number of benzene rings is 1. The number of carbonyl (C=O) groups excluding carboxylic acids is 1. The molecule has 1 heterocycles. The number of rotatable bonds is 4. The molecule has 0 unspecified atom stereocenters. The van der Waals surface area contributed by atoms with Gasteiger partial charge in [0, 0.05) is 11.8 Å². The first-order valence-electron chi connectivity index (χ1n) is 7.56. The normalized spacial score (nSPS) is 25.8. The first kappa shape index (κ1) is 16.1. The average Bonchev–Trinajstić information content (AvgIpc) is 2.72. The fourth-order valence-electron chi connectivity index (χ4n) is 3.48. The van der Waals surface area contributed by atoms with E-state index >= 15 is 0 Å². The molecule has 1 amide bonds. The summed E-state index contributed by atoms with van der Waals surface area (Å²) in [5.74, 6) is -0.205. The van der Waals surface area contributed by atoms with Crippen molar-refractivity contribution in [3.05, 3.63) is 35.4 Å². The fraction of sp³-hybridized carbons (Fsp3) is 0.562. The molecular weight excluding hydrogens is 265 g/mol. The van der Waals surface area contributed by atoms with Gasteiger partial charge in [0.15, 0.2) is 0 Å². The van der Waals surface area contributed by atoms with Gasteiger partial charge in [0.2, 0.25) is 5.91 Å². The van der Waals surface area contributed by atoms with E-state index in [2.05, 4.69) is 0 Å². The molecule has 1 fully saturated rings. The third-order valence-electron chi connectivity index (χ3n) is 4.47. The van der Waals surface area contributed by atoms with Crippen LogP contribution < -0.4 is 0 Å². The predicted molar refractivity (Wildman–Crippen MR) is 83.8 cm³/mol. The van der Waals surface area contributed by atoms with Crippen LogP contribution >= 0.6 is 0 Å². The average molecular weight is 289 g/mol. The molecule has 4 nitrogen and oxygen atoms in total. The topological polar surface area (TPSA) is 60.8 Å². The molecule has 1 saturated heterocycles. The van der Waals surface area contributed by atoms with Crippen LogP contribution in [0, 0.1) is 18.8 Å². The molecular formula is C16H24BNO3. The molecule has 0 bridgehead atoms. The molecule has 0 aliphatic carbocycles. The molecule has 0 saturated carbocycles. The van der Waals surface area contributed by atoms with Crippen LogP contribution in [0.15, 0.2) is 24.3 Å². The summed E-state index contributed by atoms with van der Waals surface area (Å²) >= 11 is 0. The Morgan fingerprint density at radius 2 is 1.86 bits per heavy atom. The highest BCUT2D eigenvalue weighted by Crippen LogP contribution is 2.42. The highest BCUT2D eigenvalue weighted by atomic mass is 16.3. The first-order valence-corrected chi connectivity index (χ1v) is 7.56. The molecule has 0 radical (unpaired) electrons. The van der Waals surface area contributed by atoms with E-state index in [9.17, 15) is 14.9 Å². The van der Waals surface area contributed by atoms with Gasteiger partial charge in [0.25, 0.3) is 0 Å². The van der Waals surface area contributed by atoms with Crippen LogP contribution in [0.5, 0.6) is 0 Å². The molecule has 1 aromatic carbocycles. The lowest BCUT2D eigenvalue weighted by atomic mass is 9.78. The van der Waals surface area contributed by atoms with E-state index in [-0.39, 0.29) is 36.3 Å². The van der Waals surface area contributed by atoms with Crippen LogP contribution in [0.1, 0.15) is 30.9 Å². The Labute approximate surface area is 126 Å². The highest BCUT2D eigenvalue weighted by Gasteiger charge is 2.51. The van der Waals surface area contributed by atoms with Crippen molar-refractivity contribution < 1.29 is 14.9 Å². The Kier molecular flexibility index (Phi) is 4.74. The van der Waals surface area contributed by atoms with Crippen LogP contribution in [0.25, 0.3) is 0 Å². The summed E-state index contributed by atoms with van der Waals surface area (Å²) in [5, 5.41) is 19.7. The number of aryl methyl sites for hydroxylation is 1. The van der Waals surface area contributed by atoms with Crippen LogP contribution in [0.4, 0.5) is 0 Å². The summed E-state index contributed by atoms with van der Waals surface area (Å²) in [7, 11) is -0.883. The van der Waals surface area contributed by atoms with Gasteiger partial charge in [-0.2, -0.15) is 0 Å². The van der Waals surface area contributed by atoms with Crippen molar-refractivity contribution in [2.45, 2.75) is 39.6 Å². The minimum Gasteiger partial charge on any atom is -0.432 e. The molecule has 1 aliphatic rings. The third kappa shape index (κ3) is 2.85. The van der Waals surface area contributed by atoms with E-state index in [1.165, 1.54) is 4.81 Å². The fourth-order valence-corrected chi connectivity index (χ4v) is 3.48. The van der Waals surface area contributed by atoms with Gasteiger partial charge in [-0.05, 0) is 25.2 Å². The van der Waals surface area contributed by atoms with Gasteiger partial charge in [-0.15, -0.1) is 0 Å². The van der Waals surface area contributed by atoms with E-state index in [1.807, 2.05) is 45.0 Å². The maximum absolute atomic E-state index is 12.7. The van der Waals surface area contributed by atoms with Crippen molar-refractivity contribution >= 4 is 13.0 Å². The Morgan fingerprint density at radius 1 is 1.29 bits per heavy atom. The number of aliphatic hydroxyl groups is 1.